The van der Waals surface area contributed by atoms with Gasteiger partial charge in [0, 0.05) is 5.70 Å². The van der Waals surface area contributed by atoms with E-state index in [2.05, 4.69) is 10.6 Å². The minimum atomic E-state index is -0.653. The van der Waals surface area contributed by atoms with Crippen molar-refractivity contribution < 1.29 is 23.8 Å². The fourth-order valence-electron chi connectivity index (χ4n) is 3.25. The zero-order valence-electron chi connectivity index (χ0n) is 17.4. The SMILES string of the molecule is CCOC(=O)C1=C(C)NC(=O)NC1c1ccc(OCc2ccccc2)c(OCC)c1. The standard InChI is InChI=1S/C23H26N2O5/c1-4-28-19-13-17(11-12-18(19)30-14-16-9-7-6-8-10-16)21-20(22(26)29-5-2)15(3)24-23(27)25-21/h6-13,21H,4-5,14H2,1-3H3,(H2,24,25,27). The van der Waals surface area contributed by atoms with Crippen molar-refractivity contribution in [1.29, 1.82) is 0 Å². The van der Waals surface area contributed by atoms with Crippen LogP contribution in [-0.4, -0.2) is 25.2 Å². The molecule has 0 fully saturated rings. The first kappa shape index (κ1) is 21.2. The topological polar surface area (TPSA) is 85.9 Å². The predicted octanol–water partition coefficient (Wildman–Crippen LogP) is 3.86. The molecule has 1 aliphatic heterocycles. The van der Waals surface area contributed by atoms with Crippen molar-refractivity contribution >= 4 is 12.0 Å². The smallest absolute Gasteiger partial charge is 0.338 e. The van der Waals surface area contributed by atoms with Gasteiger partial charge in [-0.25, -0.2) is 9.59 Å². The van der Waals surface area contributed by atoms with E-state index >= 15 is 0 Å². The number of amides is 2. The Morgan fingerprint density at radius 1 is 1.00 bits per heavy atom. The lowest BCUT2D eigenvalue weighted by Crippen LogP contribution is -2.45. The fraction of sp³-hybridized carbons (Fsp3) is 0.304. The Morgan fingerprint density at radius 2 is 1.77 bits per heavy atom. The first-order chi connectivity index (χ1) is 14.5. The van der Waals surface area contributed by atoms with E-state index in [0.29, 0.717) is 41.5 Å². The molecule has 2 aromatic rings. The van der Waals surface area contributed by atoms with E-state index in [-0.39, 0.29) is 12.6 Å². The van der Waals surface area contributed by atoms with E-state index in [4.69, 9.17) is 14.2 Å². The number of hydrogen-bond donors (Lipinski definition) is 2. The van der Waals surface area contributed by atoms with Crippen LogP contribution in [0, 0.1) is 0 Å². The van der Waals surface area contributed by atoms with Gasteiger partial charge < -0.3 is 24.8 Å². The fourth-order valence-corrected chi connectivity index (χ4v) is 3.25. The van der Waals surface area contributed by atoms with E-state index in [1.54, 1.807) is 26.0 Å². The third kappa shape index (κ3) is 4.92. The molecular formula is C23H26N2O5. The van der Waals surface area contributed by atoms with Crippen molar-refractivity contribution in [2.45, 2.75) is 33.4 Å². The van der Waals surface area contributed by atoms with E-state index in [9.17, 15) is 9.59 Å². The summed E-state index contributed by atoms with van der Waals surface area (Å²) >= 11 is 0. The van der Waals surface area contributed by atoms with Crippen molar-refractivity contribution in [2.75, 3.05) is 13.2 Å². The van der Waals surface area contributed by atoms with Gasteiger partial charge in [-0.15, -0.1) is 0 Å². The van der Waals surface area contributed by atoms with Gasteiger partial charge in [0.15, 0.2) is 11.5 Å². The van der Waals surface area contributed by atoms with Gasteiger partial charge >= 0.3 is 12.0 Å². The molecule has 158 valence electrons. The molecule has 1 atom stereocenters. The molecule has 3 rings (SSSR count). The molecule has 7 nitrogen and oxygen atoms in total. The molecule has 0 spiro atoms. The molecule has 2 N–H and O–H groups in total. The van der Waals surface area contributed by atoms with Gasteiger partial charge in [0.1, 0.15) is 6.61 Å². The number of ether oxygens (including phenoxy) is 3. The highest BCUT2D eigenvalue weighted by Crippen LogP contribution is 2.35. The molecule has 1 heterocycles. The molecule has 0 saturated carbocycles. The number of rotatable bonds is 8. The summed E-state index contributed by atoms with van der Waals surface area (Å²) in [6.45, 7) is 6.39. The maximum Gasteiger partial charge on any atom is 0.338 e. The summed E-state index contributed by atoms with van der Waals surface area (Å²) in [7, 11) is 0. The van der Waals surface area contributed by atoms with Gasteiger partial charge in [-0.2, -0.15) is 0 Å². The monoisotopic (exact) mass is 410 g/mol. The Labute approximate surface area is 176 Å². The van der Waals surface area contributed by atoms with Crippen LogP contribution in [0.1, 0.15) is 37.9 Å². The van der Waals surface area contributed by atoms with Crippen molar-refractivity contribution in [3.63, 3.8) is 0 Å². The van der Waals surface area contributed by atoms with Gasteiger partial charge in [0.2, 0.25) is 0 Å². The largest absolute Gasteiger partial charge is 0.490 e. The van der Waals surface area contributed by atoms with Crippen molar-refractivity contribution in [3.8, 4) is 11.5 Å². The third-order valence-corrected chi connectivity index (χ3v) is 4.60. The molecule has 0 aliphatic carbocycles. The zero-order valence-corrected chi connectivity index (χ0v) is 17.4. The Hall–Kier alpha value is -3.48. The van der Waals surface area contributed by atoms with Gasteiger partial charge in [0.25, 0.3) is 0 Å². The van der Waals surface area contributed by atoms with Crippen LogP contribution in [0.15, 0.2) is 59.8 Å². The van der Waals surface area contributed by atoms with Crippen LogP contribution in [0.3, 0.4) is 0 Å². The summed E-state index contributed by atoms with van der Waals surface area (Å²) in [6, 6.07) is 14.2. The second-order valence-electron chi connectivity index (χ2n) is 6.70. The van der Waals surface area contributed by atoms with Crippen LogP contribution >= 0.6 is 0 Å². The van der Waals surface area contributed by atoms with E-state index < -0.39 is 12.0 Å². The average molecular weight is 410 g/mol. The van der Waals surface area contributed by atoms with E-state index in [1.807, 2.05) is 43.3 Å². The number of benzene rings is 2. The number of hydrogen-bond acceptors (Lipinski definition) is 5. The number of carbonyl (C=O) groups excluding carboxylic acids is 2. The number of allylic oxidation sites excluding steroid dienone is 1. The lowest BCUT2D eigenvalue weighted by molar-refractivity contribution is -0.139. The predicted molar refractivity (Wildman–Crippen MR) is 112 cm³/mol. The number of nitrogens with one attached hydrogen (secondary N) is 2. The first-order valence-electron chi connectivity index (χ1n) is 9.92. The van der Waals surface area contributed by atoms with Gasteiger partial charge in [-0.05, 0) is 44.0 Å². The lowest BCUT2D eigenvalue weighted by Gasteiger charge is -2.28. The highest BCUT2D eigenvalue weighted by Gasteiger charge is 2.32. The number of esters is 1. The molecule has 2 aromatic carbocycles. The summed E-state index contributed by atoms with van der Waals surface area (Å²) in [4.78, 5) is 24.6. The quantitative estimate of drug-likeness (QED) is 0.646. The summed E-state index contributed by atoms with van der Waals surface area (Å²) < 4.78 is 16.9. The summed E-state index contributed by atoms with van der Waals surface area (Å²) in [5, 5.41) is 5.42. The summed E-state index contributed by atoms with van der Waals surface area (Å²) in [5.41, 5.74) is 2.56. The molecule has 7 heteroatoms. The molecule has 1 aliphatic rings. The van der Waals surface area contributed by atoms with Crippen molar-refractivity contribution in [3.05, 3.63) is 70.9 Å². The summed E-state index contributed by atoms with van der Waals surface area (Å²) in [5.74, 6) is 0.650. The Kier molecular flexibility index (Phi) is 6.95. The maximum absolute atomic E-state index is 12.5. The van der Waals surface area contributed by atoms with Crippen molar-refractivity contribution in [1.82, 2.24) is 10.6 Å². The summed E-state index contributed by atoms with van der Waals surface area (Å²) in [6.07, 6.45) is 0. The van der Waals surface area contributed by atoms with Gasteiger partial charge in [-0.3, -0.25) is 0 Å². The average Bonchev–Trinajstić information content (AvgIpc) is 2.73. The molecule has 0 aromatic heterocycles. The second kappa shape index (κ2) is 9.82. The minimum absolute atomic E-state index is 0.243. The molecule has 1 unspecified atom stereocenters. The van der Waals surface area contributed by atoms with Crippen molar-refractivity contribution in [2.24, 2.45) is 0 Å². The Balaban J connectivity index is 1.90. The number of carbonyl (C=O) groups is 2. The van der Waals surface area contributed by atoms with Crippen LogP contribution in [0.25, 0.3) is 0 Å². The third-order valence-electron chi connectivity index (χ3n) is 4.60. The van der Waals surface area contributed by atoms with Crippen LogP contribution < -0.4 is 20.1 Å². The normalized spacial score (nSPS) is 15.8. The Morgan fingerprint density at radius 3 is 2.47 bits per heavy atom. The number of urea groups is 1. The second-order valence-corrected chi connectivity index (χ2v) is 6.70. The minimum Gasteiger partial charge on any atom is -0.490 e. The first-order valence-corrected chi connectivity index (χ1v) is 9.92. The molecule has 0 bridgehead atoms. The van der Waals surface area contributed by atoms with E-state index in [1.165, 1.54) is 0 Å². The molecule has 2 amide bonds. The van der Waals surface area contributed by atoms with Crippen LogP contribution in [0.2, 0.25) is 0 Å². The molecule has 30 heavy (non-hydrogen) atoms. The molecular weight excluding hydrogens is 384 g/mol. The lowest BCUT2D eigenvalue weighted by atomic mass is 9.95. The molecule has 0 radical (unpaired) electrons. The van der Waals surface area contributed by atoms with Gasteiger partial charge in [-0.1, -0.05) is 36.4 Å². The Bertz CT molecular complexity index is 940. The van der Waals surface area contributed by atoms with Crippen LogP contribution in [-0.2, 0) is 16.1 Å². The highest BCUT2D eigenvalue weighted by atomic mass is 16.5. The zero-order chi connectivity index (χ0) is 21.5. The highest BCUT2D eigenvalue weighted by molar-refractivity contribution is 5.95. The maximum atomic E-state index is 12.5. The van der Waals surface area contributed by atoms with Gasteiger partial charge in [0.05, 0.1) is 24.8 Å². The van der Waals surface area contributed by atoms with E-state index in [0.717, 1.165) is 5.56 Å². The molecule has 0 saturated heterocycles. The van der Waals surface area contributed by atoms with Crippen LogP contribution in [0.5, 0.6) is 11.5 Å². The van der Waals surface area contributed by atoms with Crippen LogP contribution in [0.4, 0.5) is 4.79 Å².